The van der Waals surface area contributed by atoms with E-state index in [1.165, 1.54) is 0 Å². The number of hydrogen-bond acceptors (Lipinski definition) is 2. The minimum atomic E-state index is -0.441. The molecule has 3 unspecified atom stereocenters. The molecule has 1 aliphatic heterocycles. The second-order valence-electron chi connectivity index (χ2n) is 6.24. The van der Waals surface area contributed by atoms with Crippen LogP contribution < -0.4 is 11.1 Å². The van der Waals surface area contributed by atoms with Crippen LogP contribution in [0.3, 0.4) is 0 Å². The van der Waals surface area contributed by atoms with Gasteiger partial charge in [0.25, 0.3) is 5.91 Å². The number of para-hydroxylation sites is 1. The second kappa shape index (κ2) is 5.83. The number of carbonyl (C=O) groups is 1. The van der Waals surface area contributed by atoms with E-state index in [9.17, 15) is 4.79 Å². The Labute approximate surface area is 150 Å². The summed E-state index contributed by atoms with van der Waals surface area (Å²) in [6, 6.07) is 11.1. The summed E-state index contributed by atoms with van der Waals surface area (Å²) >= 11 is 12.9. The van der Waals surface area contributed by atoms with E-state index in [0.29, 0.717) is 21.5 Å². The lowest BCUT2D eigenvalue weighted by molar-refractivity contribution is 0.100. The number of halogens is 2. The molecule has 0 fully saturated rings. The quantitative estimate of drug-likeness (QED) is 0.748. The average molecular weight is 359 g/mol. The Balaban J connectivity index is 1.90. The number of benzene rings is 2. The Morgan fingerprint density at radius 1 is 1.12 bits per heavy atom. The molecule has 1 amide bonds. The third kappa shape index (κ3) is 2.31. The molecule has 0 bridgehead atoms. The van der Waals surface area contributed by atoms with Gasteiger partial charge in [0.1, 0.15) is 0 Å². The number of hydrogen-bond donors (Lipinski definition) is 2. The number of carbonyl (C=O) groups excluding carboxylic acids is 1. The van der Waals surface area contributed by atoms with Crippen molar-refractivity contribution < 1.29 is 4.79 Å². The van der Waals surface area contributed by atoms with Gasteiger partial charge in [-0.3, -0.25) is 4.79 Å². The minimum absolute atomic E-state index is 0.0702. The van der Waals surface area contributed by atoms with Crippen LogP contribution in [-0.2, 0) is 0 Å². The first kappa shape index (κ1) is 15.6. The molecule has 3 atom stereocenters. The lowest BCUT2D eigenvalue weighted by atomic mass is 9.76. The van der Waals surface area contributed by atoms with Gasteiger partial charge in [0.05, 0.1) is 17.3 Å². The summed E-state index contributed by atoms with van der Waals surface area (Å²) in [6.45, 7) is 0. The number of fused-ring (bicyclic) bond motifs is 3. The van der Waals surface area contributed by atoms with E-state index in [1.54, 1.807) is 6.07 Å². The van der Waals surface area contributed by atoms with Gasteiger partial charge >= 0.3 is 0 Å². The van der Waals surface area contributed by atoms with Crippen LogP contribution in [0.25, 0.3) is 0 Å². The third-order valence-electron chi connectivity index (χ3n) is 4.97. The first-order valence-electron chi connectivity index (χ1n) is 7.87. The van der Waals surface area contributed by atoms with Crippen molar-refractivity contribution >= 4 is 34.8 Å². The molecule has 0 saturated carbocycles. The fraction of sp³-hybridized carbons (Fsp3) is 0.211. The molecule has 1 aliphatic carbocycles. The van der Waals surface area contributed by atoms with Crippen LogP contribution in [0, 0.1) is 5.92 Å². The molecule has 0 saturated heterocycles. The molecule has 2 aliphatic rings. The summed E-state index contributed by atoms with van der Waals surface area (Å²) in [5.74, 6) is 0.0831. The minimum Gasteiger partial charge on any atom is -0.377 e. The molecule has 3 nitrogen and oxygen atoms in total. The Morgan fingerprint density at radius 2 is 1.83 bits per heavy atom. The van der Waals surface area contributed by atoms with Crippen LogP contribution >= 0.6 is 23.2 Å². The van der Waals surface area contributed by atoms with Gasteiger partial charge in [-0.05, 0) is 36.1 Å². The number of rotatable bonds is 2. The fourth-order valence-corrected chi connectivity index (χ4v) is 4.55. The van der Waals surface area contributed by atoms with Crippen LogP contribution in [0.1, 0.15) is 39.9 Å². The number of allylic oxidation sites excluding steroid dienone is 2. The zero-order chi connectivity index (χ0) is 16.8. The number of anilines is 1. The lowest BCUT2D eigenvalue weighted by Crippen LogP contribution is -2.31. The summed E-state index contributed by atoms with van der Waals surface area (Å²) in [4.78, 5) is 11.9. The van der Waals surface area contributed by atoms with E-state index in [0.717, 1.165) is 23.2 Å². The second-order valence-corrected chi connectivity index (χ2v) is 7.06. The molecule has 122 valence electrons. The van der Waals surface area contributed by atoms with Gasteiger partial charge in [-0.15, -0.1) is 0 Å². The van der Waals surface area contributed by atoms with Crippen molar-refractivity contribution in [3.63, 3.8) is 0 Å². The van der Waals surface area contributed by atoms with Gasteiger partial charge in [-0.2, -0.15) is 0 Å². The van der Waals surface area contributed by atoms with E-state index in [1.807, 2.05) is 30.3 Å². The fourth-order valence-electron chi connectivity index (χ4n) is 3.92. The maximum atomic E-state index is 11.9. The molecule has 0 radical (unpaired) electrons. The SMILES string of the molecule is NC(=O)c1cccc2c1NC(c1c(Cl)cccc1Cl)C1CC=CC21. The standard InChI is InChI=1S/C19H16Cl2N2O/c20-14-8-3-9-15(21)16(14)18-12-6-1-4-10(12)11-5-2-7-13(19(22)24)17(11)23-18/h1-5,7-10,12,18,23H,6H2,(H2,22,24). The highest BCUT2D eigenvalue weighted by atomic mass is 35.5. The number of amides is 1. The maximum absolute atomic E-state index is 11.9. The number of nitrogens with two attached hydrogens (primary N) is 1. The van der Waals surface area contributed by atoms with E-state index < -0.39 is 5.91 Å². The molecule has 4 rings (SSSR count). The number of primary amides is 1. The highest BCUT2D eigenvalue weighted by Crippen LogP contribution is 2.52. The number of nitrogens with one attached hydrogen (secondary N) is 1. The van der Waals surface area contributed by atoms with Gasteiger partial charge in [-0.1, -0.05) is 53.6 Å². The van der Waals surface area contributed by atoms with Gasteiger partial charge < -0.3 is 11.1 Å². The Bertz CT molecular complexity index is 842. The van der Waals surface area contributed by atoms with Gasteiger partial charge in [0, 0.05) is 21.5 Å². The van der Waals surface area contributed by atoms with E-state index in [-0.39, 0.29) is 12.0 Å². The van der Waals surface area contributed by atoms with Gasteiger partial charge in [0.15, 0.2) is 0 Å². The van der Waals surface area contributed by atoms with Crippen molar-refractivity contribution in [3.05, 3.63) is 75.3 Å². The van der Waals surface area contributed by atoms with Gasteiger partial charge in [0.2, 0.25) is 0 Å². The van der Waals surface area contributed by atoms with Crippen molar-refractivity contribution in [3.8, 4) is 0 Å². The smallest absolute Gasteiger partial charge is 0.250 e. The predicted molar refractivity (Wildman–Crippen MR) is 97.8 cm³/mol. The summed E-state index contributed by atoms with van der Waals surface area (Å²) < 4.78 is 0. The monoisotopic (exact) mass is 358 g/mol. The van der Waals surface area contributed by atoms with Crippen LogP contribution in [0.15, 0.2) is 48.6 Å². The maximum Gasteiger partial charge on any atom is 0.250 e. The molecule has 3 N–H and O–H groups in total. The molecule has 5 heteroatoms. The first-order chi connectivity index (χ1) is 11.6. The lowest BCUT2D eigenvalue weighted by Gasteiger charge is -2.38. The van der Waals surface area contributed by atoms with Crippen molar-refractivity contribution in [2.75, 3.05) is 5.32 Å². The first-order valence-corrected chi connectivity index (χ1v) is 8.63. The van der Waals surface area contributed by atoms with E-state index in [4.69, 9.17) is 28.9 Å². The van der Waals surface area contributed by atoms with Crippen molar-refractivity contribution in [1.82, 2.24) is 0 Å². The van der Waals surface area contributed by atoms with Gasteiger partial charge in [-0.25, -0.2) is 0 Å². The van der Waals surface area contributed by atoms with Crippen molar-refractivity contribution in [2.24, 2.45) is 11.7 Å². The van der Waals surface area contributed by atoms with Crippen LogP contribution in [0.5, 0.6) is 0 Å². The Hall–Kier alpha value is -1.97. The summed E-state index contributed by atoms with van der Waals surface area (Å²) in [5.41, 5.74) is 8.84. The van der Waals surface area contributed by atoms with E-state index >= 15 is 0 Å². The summed E-state index contributed by atoms with van der Waals surface area (Å²) in [5, 5.41) is 4.77. The van der Waals surface area contributed by atoms with Crippen LogP contribution in [0.4, 0.5) is 5.69 Å². The van der Waals surface area contributed by atoms with E-state index in [2.05, 4.69) is 17.5 Å². The average Bonchev–Trinajstić information content (AvgIpc) is 3.04. The van der Waals surface area contributed by atoms with Crippen LogP contribution in [0.2, 0.25) is 10.0 Å². The molecule has 2 aromatic rings. The highest BCUT2D eigenvalue weighted by Gasteiger charge is 2.40. The largest absolute Gasteiger partial charge is 0.377 e. The molecule has 0 aromatic heterocycles. The Morgan fingerprint density at radius 3 is 2.54 bits per heavy atom. The molecular formula is C19H16Cl2N2O. The zero-order valence-electron chi connectivity index (χ0n) is 12.8. The molecule has 24 heavy (non-hydrogen) atoms. The predicted octanol–water partition coefficient (Wildman–Crippen LogP) is 4.92. The normalized spacial score (nSPS) is 24.2. The molecular weight excluding hydrogens is 343 g/mol. The third-order valence-corrected chi connectivity index (χ3v) is 5.63. The van der Waals surface area contributed by atoms with Crippen molar-refractivity contribution in [1.29, 1.82) is 0 Å². The highest BCUT2D eigenvalue weighted by molar-refractivity contribution is 6.36. The van der Waals surface area contributed by atoms with Crippen LogP contribution in [-0.4, -0.2) is 5.91 Å². The topological polar surface area (TPSA) is 55.1 Å². The molecule has 2 aromatic carbocycles. The molecule has 0 spiro atoms. The summed E-state index contributed by atoms with van der Waals surface area (Å²) in [7, 11) is 0. The zero-order valence-corrected chi connectivity index (χ0v) is 14.3. The Kier molecular flexibility index (Phi) is 3.78. The molecule has 1 heterocycles. The summed E-state index contributed by atoms with van der Waals surface area (Å²) in [6.07, 6.45) is 5.32. The van der Waals surface area contributed by atoms with Crippen molar-refractivity contribution in [2.45, 2.75) is 18.4 Å².